The average Bonchev–Trinajstić information content (AvgIpc) is 3.78. The van der Waals surface area contributed by atoms with E-state index in [4.69, 9.17) is 9.47 Å². The summed E-state index contributed by atoms with van der Waals surface area (Å²) in [5.41, 5.74) is 5.31. The second kappa shape index (κ2) is 12.2. The third-order valence-electron chi connectivity index (χ3n) is 9.37. The molecule has 5 atom stereocenters. The lowest BCUT2D eigenvalue weighted by Crippen LogP contribution is -2.65. The third-order valence-corrected chi connectivity index (χ3v) is 11.7. The van der Waals surface area contributed by atoms with Crippen molar-refractivity contribution >= 4 is 46.0 Å². The fourth-order valence-electron chi connectivity index (χ4n) is 6.80. The normalized spacial score (nSPS) is 26.3. The van der Waals surface area contributed by atoms with Gasteiger partial charge in [-0.25, -0.2) is 4.79 Å². The molecule has 3 aliphatic rings. The number of hydrogen-bond acceptors (Lipinski definition) is 5. The van der Waals surface area contributed by atoms with E-state index in [1.165, 1.54) is 0 Å². The third kappa shape index (κ3) is 6.18. The fourth-order valence-corrected chi connectivity index (χ4v) is 8.15. The summed E-state index contributed by atoms with van der Waals surface area (Å²) in [5, 5.41) is 15.2. The molecule has 0 saturated carbocycles. The Kier molecular flexibility index (Phi) is 8.52. The number of morpholine rings is 1. The summed E-state index contributed by atoms with van der Waals surface area (Å²) >= 11 is 2.54. The Morgan fingerprint density at radius 2 is 1.77 bits per heavy atom. The molecule has 0 aromatic heterocycles. The maximum Gasteiger partial charge on any atom is 0.411 e. The summed E-state index contributed by atoms with van der Waals surface area (Å²) < 4.78 is 12.8. The summed E-state index contributed by atoms with van der Waals surface area (Å²) in [4.78, 5) is 25.7. The molecule has 2 bridgehead atoms. The Bertz CT molecular complexity index is 1480. The van der Waals surface area contributed by atoms with Gasteiger partial charge in [-0.3, -0.25) is 10.1 Å². The van der Waals surface area contributed by atoms with Crippen LogP contribution in [-0.4, -0.2) is 63.6 Å². The number of piperidine rings is 1. The van der Waals surface area contributed by atoms with Crippen molar-refractivity contribution < 1.29 is 28.7 Å². The molecule has 226 valence electrons. The molecule has 3 fully saturated rings. The highest BCUT2D eigenvalue weighted by molar-refractivity contribution is 14.1. The van der Waals surface area contributed by atoms with Gasteiger partial charge in [0.15, 0.2) is 9.65 Å². The smallest absolute Gasteiger partial charge is 0.411 e. The largest absolute Gasteiger partial charge is 0.445 e. The number of nitrogens with one attached hydrogen (secondary N) is 2. The summed E-state index contributed by atoms with van der Waals surface area (Å²) in [6.45, 7) is -0.0202. The molecule has 0 radical (unpaired) electrons. The Hall–Kier alpha value is -2.99. The van der Waals surface area contributed by atoms with Gasteiger partial charge in [-0.2, -0.15) is 0 Å². The number of nitrogens with zero attached hydrogens (tertiary/aromatic N) is 1. The zero-order valence-corrected chi connectivity index (χ0v) is 26.8. The molecule has 6 rings (SSSR count). The first-order chi connectivity index (χ1) is 20.7. The summed E-state index contributed by atoms with van der Waals surface area (Å²) in [6, 6.07) is 23.7. The first-order valence-corrected chi connectivity index (χ1v) is 16.1. The minimum Gasteiger partial charge on any atom is -0.445 e. The molecule has 3 aliphatic heterocycles. The maximum atomic E-state index is 13.3. The van der Waals surface area contributed by atoms with Gasteiger partial charge >= 0.3 is 6.09 Å². The monoisotopic (exact) mass is 696 g/mol. The van der Waals surface area contributed by atoms with E-state index in [0.29, 0.717) is 12.5 Å². The number of aryl methyl sites for hydroxylation is 1. The summed E-state index contributed by atoms with van der Waals surface area (Å²) in [6.07, 6.45) is 4.32. The number of hydrogen-bond donors (Lipinski definition) is 3. The quantitative estimate of drug-likeness (QED) is 0.0580. The van der Waals surface area contributed by atoms with E-state index < -0.39 is 6.09 Å². The van der Waals surface area contributed by atoms with Crippen molar-refractivity contribution in [3.63, 3.8) is 0 Å². The van der Waals surface area contributed by atoms with Crippen LogP contribution in [0.25, 0.3) is 11.1 Å². The van der Waals surface area contributed by atoms with Crippen molar-refractivity contribution in [3.8, 4) is 11.1 Å². The number of unbranched alkanes of at least 4 members (excludes halogenated alkanes) is 1. The van der Waals surface area contributed by atoms with E-state index >= 15 is 0 Å². The topological polar surface area (TPSA) is 100 Å². The number of carbonyl (C=O) groups excluding carboxylic acids is 2. The molecular formula is C34H39IN3O5+. The number of epoxide rings is 1. The molecule has 0 aliphatic carbocycles. The molecule has 3 N–H and O–H groups in total. The van der Waals surface area contributed by atoms with Gasteiger partial charge < -0.3 is 24.4 Å². The second-order valence-corrected chi connectivity index (χ2v) is 14.3. The van der Waals surface area contributed by atoms with Crippen molar-refractivity contribution in [1.29, 1.82) is 0 Å². The van der Waals surface area contributed by atoms with Crippen LogP contribution in [0.4, 0.5) is 16.2 Å². The number of alkyl halides is 1. The average molecular weight is 697 g/mol. The van der Waals surface area contributed by atoms with Crippen LogP contribution in [-0.2, 0) is 27.3 Å². The highest BCUT2D eigenvalue weighted by Crippen LogP contribution is 2.61. The van der Waals surface area contributed by atoms with Gasteiger partial charge in [0.1, 0.15) is 18.2 Å². The van der Waals surface area contributed by atoms with Crippen molar-refractivity contribution in [2.45, 2.75) is 73.0 Å². The highest BCUT2D eigenvalue weighted by atomic mass is 127. The number of halogens is 1. The molecule has 8 nitrogen and oxygen atoms in total. The molecule has 3 aromatic rings. The van der Waals surface area contributed by atoms with Gasteiger partial charge in [-0.15, -0.1) is 0 Å². The molecular weight excluding hydrogens is 657 g/mol. The number of ether oxygens (including phenoxy) is 2. The SMILES string of the molecule is C[N+]1(C)[C@H]2C[C@H](OC(=O)Nc3cc(CCCCC(=O)Nc4ccc(CO)cc4)ccc3-c3ccccc3)C[C@@]1(I)[C@@H]1O[C@H]12. The fraction of sp³-hybridized carbons (Fsp3) is 0.412. The van der Waals surface area contributed by atoms with Crippen LogP contribution in [0.15, 0.2) is 72.8 Å². The summed E-state index contributed by atoms with van der Waals surface area (Å²) in [7, 11) is 4.54. The zero-order chi connectivity index (χ0) is 30.2. The molecule has 0 unspecified atom stereocenters. The Morgan fingerprint density at radius 1 is 1.02 bits per heavy atom. The van der Waals surface area contributed by atoms with E-state index in [2.05, 4.69) is 59.5 Å². The Labute approximate surface area is 266 Å². The molecule has 3 aromatic carbocycles. The number of benzene rings is 3. The van der Waals surface area contributed by atoms with Crippen LogP contribution in [0.3, 0.4) is 0 Å². The van der Waals surface area contributed by atoms with Crippen LogP contribution in [0.2, 0.25) is 0 Å². The van der Waals surface area contributed by atoms with Crippen LogP contribution in [0.5, 0.6) is 0 Å². The van der Waals surface area contributed by atoms with Crippen LogP contribution < -0.4 is 10.6 Å². The highest BCUT2D eigenvalue weighted by Gasteiger charge is 2.78. The van der Waals surface area contributed by atoms with Crippen LogP contribution in [0, 0.1) is 0 Å². The van der Waals surface area contributed by atoms with Crippen LogP contribution >= 0.6 is 22.6 Å². The lowest BCUT2D eigenvalue weighted by molar-refractivity contribution is -0.943. The van der Waals surface area contributed by atoms with Crippen molar-refractivity contribution in [3.05, 3.63) is 83.9 Å². The van der Waals surface area contributed by atoms with E-state index in [0.717, 1.165) is 70.2 Å². The maximum absolute atomic E-state index is 13.3. The minimum absolute atomic E-state index is 0.0202. The predicted molar refractivity (Wildman–Crippen MR) is 175 cm³/mol. The van der Waals surface area contributed by atoms with E-state index in [1.54, 1.807) is 24.3 Å². The van der Waals surface area contributed by atoms with Gasteiger partial charge in [0.05, 0.1) is 32.8 Å². The number of amides is 2. The number of carbonyl (C=O) groups is 2. The number of rotatable bonds is 10. The molecule has 9 heteroatoms. The first-order valence-electron chi connectivity index (χ1n) is 15.0. The predicted octanol–water partition coefficient (Wildman–Crippen LogP) is 6.27. The van der Waals surface area contributed by atoms with Gasteiger partial charge in [-0.1, -0.05) is 54.6 Å². The number of fused-ring (bicyclic) bond motifs is 5. The number of quaternary nitrogens is 1. The second-order valence-electron chi connectivity index (χ2n) is 12.4. The first kappa shape index (κ1) is 30.1. The number of aliphatic hydroxyl groups excluding tert-OH is 1. The van der Waals surface area contributed by atoms with Gasteiger partial charge in [0, 0.05) is 24.1 Å². The summed E-state index contributed by atoms with van der Waals surface area (Å²) in [5.74, 6) is -0.0308. The number of likely N-dealkylation sites (N-methyl/N-ethyl adjacent to an activating group) is 1. The van der Waals surface area contributed by atoms with E-state index in [1.807, 2.05) is 36.4 Å². The van der Waals surface area contributed by atoms with Crippen LogP contribution in [0.1, 0.15) is 43.2 Å². The van der Waals surface area contributed by atoms with E-state index in [9.17, 15) is 14.7 Å². The molecule has 3 saturated heterocycles. The molecule has 2 amide bonds. The molecule has 3 heterocycles. The lowest BCUT2D eigenvalue weighted by atomic mass is 9.96. The van der Waals surface area contributed by atoms with Crippen molar-refractivity contribution in [2.24, 2.45) is 0 Å². The molecule has 43 heavy (non-hydrogen) atoms. The lowest BCUT2D eigenvalue weighted by Gasteiger charge is -2.50. The van der Waals surface area contributed by atoms with Gasteiger partial charge in [0.25, 0.3) is 0 Å². The minimum atomic E-state index is -0.427. The van der Waals surface area contributed by atoms with Gasteiger partial charge in [-0.05, 0) is 76.7 Å². The number of aliphatic hydroxyl groups is 1. The van der Waals surface area contributed by atoms with Gasteiger partial charge in [0.2, 0.25) is 5.91 Å². The number of anilines is 2. The Balaban J connectivity index is 1.07. The van der Waals surface area contributed by atoms with Crippen molar-refractivity contribution in [1.82, 2.24) is 0 Å². The van der Waals surface area contributed by atoms with E-state index in [-0.39, 0.29) is 34.4 Å². The Morgan fingerprint density at radius 3 is 2.49 bits per heavy atom. The standard InChI is InChI=1S/C34H38IN3O5/c1-38(2)29-19-26(20-34(38,35)32-31(29)43-32)42-33(41)37-28-18-22(14-17-27(28)24-9-4-3-5-10-24)8-6-7-11-30(40)36-25-15-12-23(21-39)13-16-25/h3-5,9-10,12-18,26,29,31-32,39H,6-8,11,19-21H2,1-2H3,(H-,36,37,40,41)/p+1/t26-,29-,31-,32+,34-/m0/s1. The zero-order valence-electron chi connectivity index (χ0n) is 24.6. The van der Waals surface area contributed by atoms with Crippen molar-refractivity contribution in [2.75, 3.05) is 24.7 Å². The molecule has 0 spiro atoms.